The minimum absolute atomic E-state index is 0.0194. The fraction of sp³-hybridized carbons (Fsp3) is 0.412. The van der Waals surface area contributed by atoms with Crippen LogP contribution in [0.3, 0.4) is 0 Å². The number of hydrogen-bond donors (Lipinski definition) is 0. The van der Waals surface area contributed by atoms with Crippen molar-refractivity contribution in [3.8, 4) is 0 Å². The van der Waals surface area contributed by atoms with E-state index in [9.17, 15) is 9.59 Å². The Hall–Kier alpha value is -2.10. The minimum Gasteiger partial charge on any atom is -0.333 e. The molecule has 0 aromatic heterocycles. The van der Waals surface area contributed by atoms with Crippen LogP contribution in [-0.2, 0) is 16.1 Å². The van der Waals surface area contributed by atoms with Crippen molar-refractivity contribution in [3.05, 3.63) is 48.6 Å². The number of amides is 2. The van der Waals surface area contributed by atoms with Gasteiger partial charge in [0.15, 0.2) is 0 Å². The Morgan fingerprint density at radius 1 is 1.29 bits per heavy atom. The number of carbonyl (C=O) groups is 2. The highest BCUT2D eigenvalue weighted by Gasteiger charge is 2.22. The molecule has 1 aliphatic rings. The summed E-state index contributed by atoms with van der Waals surface area (Å²) in [4.78, 5) is 27.7. The maximum absolute atomic E-state index is 12.4. The molecule has 4 heteroatoms. The largest absolute Gasteiger partial charge is 0.333 e. The van der Waals surface area contributed by atoms with Gasteiger partial charge in [-0.05, 0) is 18.4 Å². The first-order chi connectivity index (χ1) is 10.2. The summed E-state index contributed by atoms with van der Waals surface area (Å²) in [5, 5.41) is 0. The average molecular weight is 286 g/mol. The van der Waals surface area contributed by atoms with Crippen LogP contribution in [0.1, 0.15) is 24.8 Å². The summed E-state index contributed by atoms with van der Waals surface area (Å²) in [6, 6.07) is 9.86. The summed E-state index contributed by atoms with van der Waals surface area (Å²) in [6.45, 7) is 5.63. The van der Waals surface area contributed by atoms with Crippen LogP contribution in [0, 0.1) is 0 Å². The molecule has 1 aliphatic heterocycles. The Balaban J connectivity index is 1.98. The molecular formula is C17H22N2O2. The van der Waals surface area contributed by atoms with Crippen LogP contribution in [0.25, 0.3) is 0 Å². The number of rotatable bonds is 6. The SMILES string of the molecule is C=CCN(Cc1ccccc1)C(=O)CN1CCCCC1=O. The molecule has 0 N–H and O–H groups in total. The fourth-order valence-electron chi connectivity index (χ4n) is 2.51. The van der Waals surface area contributed by atoms with E-state index in [1.165, 1.54) is 0 Å². The van der Waals surface area contributed by atoms with Gasteiger partial charge in [-0.25, -0.2) is 0 Å². The fourth-order valence-corrected chi connectivity index (χ4v) is 2.51. The van der Waals surface area contributed by atoms with Crippen LogP contribution in [0.15, 0.2) is 43.0 Å². The summed E-state index contributed by atoms with van der Waals surface area (Å²) in [7, 11) is 0. The molecule has 0 saturated carbocycles. The lowest BCUT2D eigenvalue weighted by molar-refractivity contribution is -0.142. The van der Waals surface area contributed by atoms with E-state index in [2.05, 4.69) is 6.58 Å². The van der Waals surface area contributed by atoms with Crippen molar-refractivity contribution < 1.29 is 9.59 Å². The van der Waals surface area contributed by atoms with E-state index in [0.717, 1.165) is 18.4 Å². The van der Waals surface area contributed by atoms with E-state index in [1.807, 2.05) is 30.3 Å². The van der Waals surface area contributed by atoms with E-state index in [-0.39, 0.29) is 18.4 Å². The van der Waals surface area contributed by atoms with Crippen LogP contribution < -0.4 is 0 Å². The molecule has 1 saturated heterocycles. The molecular weight excluding hydrogens is 264 g/mol. The Kier molecular flexibility index (Phi) is 5.55. The second kappa shape index (κ2) is 7.62. The summed E-state index contributed by atoms with van der Waals surface area (Å²) >= 11 is 0. The van der Waals surface area contributed by atoms with E-state index in [1.54, 1.807) is 15.9 Å². The first-order valence-electron chi connectivity index (χ1n) is 7.41. The Labute approximate surface area is 126 Å². The Morgan fingerprint density at radius 3 is 2.71 bits per heavy atom. The topological polar surface area (TPSA) is 40.6 Å². The molecule has 1 aromatic carbocycles. The van der Waals surface area contributed by atoms with Crippen molar-refractivity contribution in [2.45, 2.75) is 25.8 Å². The van der Waals surface area contributed by atoms with Gasteiger partial charge in [0.1, 0.15) is 0 Å². The maximum atomic E-state index is 12.4. The summed E-state index contributed by atoms with van der Waals surface area (Å²) in [6.07, 6.45) is 4.20. The third-order valence-electron chi connectivity index (χ3n) is 3.67. The maximum Gasteiger partial charge on any atom is 0.242 e. The smallest absolute Gasteiger partial charge is 0.242 e. The van der Waals surface area contributed by atoms with Crippen LogP contribution >= 0.6 is 0 Å². The highest BCUT2D eigenvalue weighted by Crippen LogP contribution is 2.11. The lowest BCUT2D eigenvalue weighted by atomic mass is 10.1. The van der Waals surface area contributed by atoms with Crippen molar-refractivity contribution in [2.75, 3.05) is 19.6 Å². The van der Waals surface area contributed by atoms with E-state index in [0.29, 0.717) is 26.1 Å². The number of likely N-dealkylation sites (tertiary alicyclic amines) is 1. The first-order valence-corrected chi connectivity index (χ1v) is 7.41. The van der Waals surface area contributed by atoms with Gasteiger partial charge in [0.05, 0.1) is 6.54 Å². The number of hydrogen-bond acceptors (Lipinski definition) is 2. The normalized spacial score (nSPS) is 14.9. The molecule has 21 heavy (non-hydrogen) atoms. The van der Waals surface area contributed by atoms with Gasteiger partial charge in [-0.2, -0.15) is 0 Å². The number of carbonyl (C=O) groups excluding carboxylic acids is 2. The van der Waals surface area contributed by atoms with Crippen LogP contribution in [0.5, 0.6) is 0 Å². The molecule has 0 radical (unpaired) electrons. The molecule has 4 nitrogen and oxygen atoms in total. The predicted octanol–water partition coefficient (Wildman–Crippen LogP) is 2.21. The monoisotopic (exact) mass is 286 g/mol. The standard InChI is InChI=1S/C17H22N2O2/c1-2-11-18(13-15-8-4-3-5-9-15)17(21)14-19-12-7-6-10-16(19)20/h2-5,8-9H,1,6-7,10-14H2. The Morgan fingerprint density at radius 2 is 2.05 bits per heavy atom. The molecule has 0 spiro atoms. The lowest BCUT2D eigenvalue weighted by Crippen LogP contribution is -2.44. The van der Waals surface area contributed by atoms with Crippen molar-refractivity contribution in [1.82, 2.24) is 9.80 Å². The zero-order chi connectivity index (χ0) is 15.1. The molecule has 2 amide bonds. The van der Waals surface area contributed by atoms with E-state index >= 15 is 0 Å². The highest BCUT2D eigenvalue weighted by molar-refractivity contribution is 5.85. The van der Waals surface area contributed by atoms with Crippen molar-refractivity contribution in [2.24, 2.45) is 0 Å². The van der Waals surface area contributed by atoms with Crippen molar-refractivity contribution in [1.29, 1.82) is 0 Å². The summed E-state index contributed by atoms with van der Waals surface area (Å²) in [5.41, 5.74) is 1.08. The van der Waals surface area contributed by atoms with Crippen LogP contribution in [-0.4, -0.2) is 41.2 Å². The zero-order valence-electron chi connectivity index (χ0n) is 12.3. The summed E-state index contributed by atoms with van der Waals surface area (Å²) in [5.74, 6) is 0.0712. The minimum atomic E-state index is -0.0194. The van der Waals surface area contributed by atoms with Gasteiger partial charge in [0, 0.05) is 26.1 Å². The van der Waals surface area contributed by atoms with Gasteiger partial charge in [-0.15, -0.1) is 6.58 Å². The van der Waals surface area contributed by atoms with E-state index < -0.39 is 0 Å². The van der Waals surface area contributed by atoms with Crippen LogP contribution in [0.2, 0.25) is 0 Å². The lowest BCUT2D eigenvalue weighted by Gasteiger charge is -2.29. The summed E-state index contributed by atoms with van der Waals surface area (Å²) < 4.78 is 0. The molecule has 1 fully saturated rings. The predicted molar refractivity (Wildman–Crippen MR) is 82.5 cm³/mol. The van der Waals surface area contributed by atoms with Gasteiger partial charge in [-0.3, -0.25) is 9.59 Å². The van der Waals surface area contributed by atoms with Crippen molar-refractivity contribution in [3.63, 3.8) is 0 Å². The second-order valence-corrected chi connectivity index (χ2v) is 5.32. The molecule has 112 valence electrons. The molecule has 0 atom stereocenters. The first kappa shape index (κ1) is 15.3. The van der Waals surface area contributed by atoms with Gasteiger partial charge in [-0.1, -0.05) is 36.4 Å². The number of benzene rings is 1. The second-order valence-electron chi connectivity index (χ2n) is 5.32. The van der Waals surface area contributed by atoms with E-state index in [4.69, 9.17) is 0 Å². The molecule has 0 aliphatic carbocycles. The van der Waals surface area contributed by atoms with Crippen molar-refractivity contribution >= 4 is 11.8 Å². The third kappa shape index (κ3) is 4.45. The van der Waals surface area contributed by atoms with Gasteiger partial charge < -0.3 is 9.80 Å². The molecule has 0 unspecified atom stereocenters. The number of piperidine rings is 1. The quantitative estimate of drug-likeness (QED) is 0.752. The Bertz CT molecular complexity index is 499. The highest BCUT2D eigenvalue weighted by atomic mass is 16.2. The van der Waals surface area contributed by atoms with Gasteiger partial charge in [0.2, 0.25) is 11.8 Å². The molecule has 1 heterocycles. The van der Waals surface area contributed by atoms with Gasteiger partial charge >= 0.3 is 0 Å². The third-order valence-corrected chi connectivity index (χ3v) is 3.67. The van der Waals surface area contributed by atoms with Crippen LogP contribution in [0.4, 0.5) is 0 Å². The molecule has 1 aromatic rings. The van der Waals surface area contributed by atoms with Gasteiger partial charge in [0.25, 0.3) is 0 Å². The average Bonchev–Trinajstić information content (AvgIpc) is 2.50. The molecule has 2 rings (SSSR count). The number of nitrogens with zero attached hydrogens (tertiary/aromatic N) is 2. The molecule has 0 bridgehead atoms. The zero-order valence-corrected chi connectivity index (χ0v) is 12.3.